The van der Waals surface area contributed by atoms with Gasteiger partial charge in [0.2, 0.25) is 0 Å². The first-order valence-electron chi connectivity index (χ1n) is 8.09. The van der Waals surface area contributed by atoms with Gasteiger partial charge in [0.15, 0.2) is 0 Å². The summed E-state index contributed by atoms with van der Waals surface area (Å²) in [5.74, 6) is 0. The lowest BCUT2D eigenvalue weighted by Gasteiger charge is -2.23. The summed E-state index contributed by atoms with van der Waals surface area (Å²) in [5.41, 5.74) is 2.62. The Balaban J connectivity index is 1.40. The second kappa shape index (κ2) is 6.59. The molecule has 1 N–H and O–H groups in total. The maximum absolute atomic E-state index is 3.57. The molecule has 0 aromatic heterocycles. The van der Waals surface area contributed by atoms with Gasteiger partial charge >= 0.3 is 0 Å². The Hall–Kier alpha value is -1.06. The van der Waals surface area contributed by atoms with Gasteiger partial charge in [-0.2, -0.15) is 0 Å². The molecule has 1 aromatic carbocycles. The molecule has 0 bridgehead atoms. The van der Waals surface area contributed by atoms with Crippen LogP contribution in [0.4, 0.5) is 5.69 Å². The molecule has 0 spiro atoms. The third-order valence-corrected chi connectivity index (χ3v) is 4.79. The number of aryl methyl sites for hydroxylation is 1. The zero-order valence-corrected chi connectivity index (χ0v) is 12.6. The van der Waals surface area contributed by atoms with Gasteiger partial charge in [0.1, 0.15) is 0 Å². The predicted molar refractivity (Wildman–Crippen MR) is 85.3 cm³/mol. The third kappa shape index (κ3) is 3.33. The highest BCUT2D eigenvalue weighted by atomic mass is 15.3. The van der Waals surface area contributed by atoms with Crippen molar-refractivity contribution in [3.8, 4) is 0 Å². The van der Waals surface area contributed by atoms with Crippen LogP contribution in [0.15, 0.2) is 24.3 Å². The largest absolute Gasteiger partial charge is 0.384 e. The molecular weight excluding hydrogens is 246 g/mol. The Labute approximate surface area is 123 Å². The maximum atomic E-state index is 3.57. The molecule has 2 fully saturated rings. The smallest absolute Gasteiger partial charge is 0.0370 e. The van der Waals surface area contributed by atoms with Crippen LogP contribution in [0.5, 0.6) is 0 Å². The molecule has 3 nitrogen and oxygen atoms in total. The van der Waals surface area contributed by atoms with Gasteiger partial charge in [0, 0.05) is 31.4 Å². The fraction of sp³-hybridized carbons (Fsp3) is 0.647. The van der Waals surface area contributed by atoms with E-state index in [1.165, 1.54) is 63.2 Å². The van der Waals surface area contributed by atoms with E-state index in [9.17, 15) is 0 Å². The molecule has 0 aliphatic carbocycles. The van der Waals surface area contributed by atoms with Crippen molar-refractivity contribution >= 4 is 5.69 Å². The summed E-state index contributed by atoms with van der Waals surface area (Å²) < 4.78 is 0. The van der Waals surface area contributed by atoms with Crippen molar-refractivity contribution in [2.45, 2.75) is 32.2 Å². The molecule has 20 heavy (non-hydrogen) atoms. The third-order valence-electron chi connectivity index (χ3n) is 4.79. The second-order valence-corrected chi connectivity index (χ2v) is 6.23. The number of hydrogen-bond acceptors (Lipinski definition) is 3. The lowest BCUT2D eigenvalue weighted by atomic mass is 10.2. The average Bonchev–Trinajstić information content (AvgIpc) is 3.11. The van der Waals surface area contributed by atoms with E-state index in [-0.39, 0.29) is 0 Å². The van der Waals surface area contributed by atoms with Crippen LogP contribution in [0.2, 0.25) is 0 Å². The quantitative estimate of drug-likeness (QED) is 0.889. The van der Waals surface area contributed by atoms with Crippen LogP contribution in [0.1, 0.15) is 24.8 Å². The van der Waals surface area contributed by atoms with E-state index >= 15 is 0 Å². The molecule has 0 saturated carbocycles. The summed E-state index contributed by atoms with van der Waals surface area (Å²) in [6.45, 7) is 9.60. The van der Waals surface area contributed by atoms with Crippen LogP contribution in [0.25, 0.3) is 0 Å². The number of hydrogen-bond donors (Lipinski definition) is 1. The molecular formula is C17H27N3. The highest BCUT2D eigenvalue weighted by Gasteiger charge is 2.28. The maximum Gasteiger partial charge on any atom is 0.0370 e. The molecule has 1 atom stereocenters. The fourth-order valence-electron chi connectivity index (χ4n) is 3.54. The topological polar surface area (TPSA) is 18.5 Å². The van der Waals surface area contributed by atoms with Crippen LogP contribution in [0, 0.1) is 6.92 Å². The Morgan fingerprint density at radius 1 is 1.15 bits per heavy atom. The standard InChI is InChI=1S/C17H27N3/c1-15-6-2-3-7-17(15)18-9-13-19-12-8-16(14-19)20-10-4-5-11-20/h2-3,6-7,16,18H,4-5,8-14H2,1H3. The fourth-order valence-corrected chi connectivity index (χ4v) is 3.54. The average molecular weight is 273 g/mol. The van der Waals surface area contributed by atoms with Crippen molar-refractivity contribution in [3.05, 3.63) is 29.8 Å². The first-order chi connectivity index (χ1) is 9.83. The molecule has 3 rings (SSSR count). The van der Waals surface area contributed by atoms with Crippen molar-refractivity contribution in [1.82, 2.24) is 9.80 Å². The van der Waals surface area contributed by atoms with Gasteiger partial charge in [0.25, 0.3) is 0 Å². The minimum atomic E-state index is 0.830. The summed E-state index contributed by atoms with van der Waals surface area (Å²) in [7, 11) is 0. The molecule has 2 saturated heterocycles. The summed E-state index contributed by atoms with van der Waals surface area (Å²) in [4.78, 5) is 5.32. The zero-order valence-electron chi connectivity index (χ0n) is 12.6. The Morgan fingerprint density at radius 3 is 2.75 bits per heavy atom. The first-order valence-corrected chi connectivity index (χ1v) is 8.09. The lowest BCUT2D eigenvalue weighted by molar-refractivity contribution is 0.234. The number of likely N-dealkylation sites (tertiary alicyclic amines) is 2. The van der Waals surface area contributed by atoms with Gasteiger partial charge in [-0.05, 0) is 57.5 Å². The van der Waals surface area contributed by atoms with Crippen LogP contribution in [0.3, 0.4) is 0 Å². The van der Waals surface area contributed by atoms with E-state index < -0.39 is 0 Å². The van der Waals surface area contributed by atoms with Crippen molar-refractivity contribution in [3.63, 3.8) is 0 Å². The minimum absolute atomic E-state index is 0.830. The number of para-hydroxylation sites is 1. The summed E-state index contributed by atoms with van der Waals surface area (Å²) >= 11 is 0. The minimum Gasteiger partial charge on any atom is -0.384 e. The highest BCUT2D eigenvalue weighted by Crippen LogP contribution is 2.20. The number of benzene rings is 1. The van der Waals surface area contributed by atoms with Gasteiger partial charge in [-0.15, -0.1) is 0 Å². The molecule has 2 aliphatic heterocycles. The Kier molecular flexibility index (Phi) is 4.58. The molecule has 0 radical (unpaired) electrons. The van der Waals surface area contributed by atoms with Gasteiger partial charge in [0.05, 0.1) is 0 Å². The number of nitrogens with zero attached hydrogens (tertiary/aromatic N) is 2. The van der Waals surface area contributed by atoms with E-state index in [1.54, 1.807) is 0 Å². The number of nitrogens with one attached hydrogen (secondary N) is 1. The van der Waals surface area contributed by atoms with E-state index in [1.807, 2.05) is 0 Å². The van der Waals surface area contributed by atoms with Gasteiger partial charge in [-0.1, -0.05) is 18.2 Å². The SMILES string of the molecule is Cc1ccccc1NCCN1CCC(N2CCCC2)C1. The Morgan fingerprint density at radius 2 is 1.95 bits per heavy atom. The van der Waals surface area contributed by atoms with Crippen molar-refractivity contribution < 1.29 is 0 Å². The molecule has 2 heterocycles. The van der Waals surface area contributed by atoms with Crippen molar-refractivity contribution in [2.24, 2.45) is 0 Å². The normalized spacial score (nSPS) is 24.4. The van der Waals surface area contributed by atoms with Crippen LogP contribution >= 0.6 is 0 Å². The van der Waals surface area contributed by atoms with Gasteiger partial charge in [-0.25, -0.2) is 0 Å². The van der Waals surface area contributed by atoms with E-state index in [0.29, 0.717) is 0 Å². The molecule has 0 amide bonds. The zero-order chi connectivity index (χ0) is 13.8. The van der Waals surface area contributed by atoms with E-state index in [0.717, 1.165) is 12.6 Å². The van der Waals surface area contributed by atoms with Crippen LogP contribution < -0.4 is 5.32 Å². The molecule has 1 unspecified atom stereocenters. The lowest BCUT2D eigenvalue weighted by Crippen LogP contribution is -2.36. The van der Waals surface area contributed by atoms with Crippen LogP contribution in [-0.4, -0.2) is 55.1 Å². The number of anilines is 1. The monoisotopic (exact) mass is 273 g/mol. The Bertz CT molecular complexity index is 426. The summed E-state index contributed by atoms with van der Waals surface area (Å²) in [5, 5.41) is 3.57. The predicted octanol–water partition coefficient (Wildman–Crippen LogP) is 2.58. The highest BCUT2D eigenvalue weighted by molar-refractivity contribution is 5.50. The summed E-state index contributed by atoms with van der Waals surface area (Å²) in [6.07, 6.45) is 4.18. The molecule has 110 valence electrons. The van der Waals surface area contributed by atoms with Crippen molar-refractivity contribution in [2.75, 3.05) is 44.6 Å². The van der Waals surface area contributed by atoms with E-state index in [2.05, 4.69) is 46.3 Å². The van der Waals surface area contributed by atoms with E-state index in [4.69, 9.17) is 0 Å². The second-order valence-electron chi connectivity index (χ2n) is 6.23. The molecule has 2 aliphatic rings. The van der Waals surface area contributed by atoms with Gasteiger partial charge < -0.3 is 5.32 Å². The first kappa shape index (κ1) is 13.9. The molecule has 3 heteroatoms. The number of rotatable bonds is 5. The van der Waals surface area contributed by atoms with Crippen molar-refractivity contribution in [1.29, 1.82) is 0 Å². The van der Waals surface area contributed by atoms with Gasteiger partial charge in [-0.3, -0.25) is 9.80 Å². The van der Waals surface area contributed by atoms with Crippen LogP contribution in [-0.2, 0) is 0 Å². The molecule has 1 aromatic rings. The summed E-state index contributed by atoms with van der Waals surface area (Å²) in [6, 6.07) is 9.38.